The summed E-state index contributed by atoms with van der Waals surface area (Å²) in [6, 6.07) is 8.05. The van der Waals surface area contributed by atoms with Gasteiger partial charge in [-0.2, -0.15) is 0 Å². The zero-order chi connectivity index (χ0) is 18.8. The first-order valence-corrected chi connectivity index (χ1v) is 8.45. The van der Waals surface area contributed by atoms with Crippen LogP contribution in [0.5, 0.6) is 0 Å². The van der Waals surface area contributed by atoms with Crippen molar-refractivity contribution >= 4 is 11.9 Å². The number of nitrogens with one attached hydrogen (secondary N) is 1. The van der Waals surface area contributed by atoms with Crippen molar-refractivity contribution in [3.8, 4) is 11.1 Å². The molecule has 0 unspecified atom stereocenters. The Balaban J connectivity index is 1.75. The average molecular weight is 359 g/mol. The van der Waals surface area contributed by atoms with E-state index in [2.05, 4.69) is 5.32 Å². The number of benzene rings is 2. The SMILES string of the molecule is Cc1cc(F)ccc1-c1ccc(C(=O)N[C@@H]2CC[C@H](C(=O)O)C2)cc1F. The minimum absolute atomic E-state index is 0.171. The summed E-state index contributed by atoms with van der Waals surface area (Å²) in [4.78, 5) is 23.3. The summed E-state index contributed by atoms with van der Waals surface area (Å²) >= 11 is 0. The molecule has 0 spiro atoms. The highest BCUT2D eigenvalue weighted by atomic mass is 19.1. The van der Waals surface area contributed by atoms with Gasteiger partial charge in [0.2, 0.25) is 0 Å². The van der Waals surface area contributed by atoms with Gasteiger partial charge < -0.3 is 10.4 Å². The highest BCUT2D eigenvalue weighted by Crippen LogP contribution is 2.28. The number of rotatable bonds is 4. The van der Waals surface area contributed by atoms with Crippen molar-refractivity contribution in [3.05, 3.63) is 59.2 Å². The van der Waals surface area contributed by atoms with Gasteiger partial charge in [-0.25, -0.2) is 8.78 Å². The lowest BCUT2D eigenvalue weighted by atomic mass is 9.98. The summed E-state index contributed by atoms with van der Waals surface area (Å²) < 4.78 is 27.7. The second-order valence-electron chi connectivity index (χ2n) is 6.67. The number of hydrogen-bond donors (Lipinski definition) is 2. The molecule has 0 aliphatic heterocycles. The molecule has 136 valence electrons. The first-order chi connectivity index (χ1) is 12.3. The number of hydrogen-bond acceptors (Lipinski definition) is 2. The number of halogens is 2. The highest BCUT2D eigenvalue weighted by molar-refractivity contribution is 5.95. The number of carbonyl (C=O) groups is 2. The summed E-state index contributed by atoms with van der Waals surface area (Å²) in [5.74, 6) is -2.68. The van der Waals surface area contributed by atoms with Crippen LogP contribution >= 0.6 is 0 Å². The molecule has 0 aromatic heterocycles. The Hall–Kier alpha value is -2.76. The van der Waals surface area contributed by atoms with Crippen LogP contribution in [0.25, 0.3) is 11.1 Å². The molecule has 3 rings (SSSR count). The van der Waals surface area contributed by atoms with Gasteiger partial charge in [-0.1, -0.05) is 12.1 Å². The smallest absolute Gasteiger partial charge is 0.306 e. The van der Waals surface area contributed by atoms with Crippen LogP contribution in [0.2, 0.25) is 0 Å². The van der Waals surface area contributed by atoms with Crippen LogP contribution in [-0.2, 0) is 4.79 Å². The van der Waals surface area contributed by atoms with E-state index in [4.69, 9.17) is 5.11 Å². The summed E-state index contributed by atoms with van der Waals surface area (Å²) in [7, 11) is 0. The number of carbonyl (C=O) groups excluding carboxylic acids is 1. The van der Waals surface area contributed by atoms with Gasteiger partial charge in [0.15, 0.2) is 0 Å². The van der Waals surface area contributed by atoms with Crippen LogP contribution in [0.3, 0.4) is 0 Å². The number of carboxylic acids is 1. The third-order valence-corrected chi connectivity index (χ3v) is 4.83. The van der Waals surface area contributed by atoms with E-state index < -0.39 is 23.6 Å². The van der Waals surface area contributed by atoms with Crippen LogP contribution in [0.4, 0.5) is 8.78 Å². The summed E-state index contributed by atoms with van der Waals surface area (Å²) in [6.45, 7) is 1.69. The first-order valence-electron chi connectivity index (χ1n) is 8.45. The molecule has 2 N–H and O–H groups in total. The Bertz CT molecular complexity index is 866. The fourth-order valence-electron chi connectivity index (χ4n) is 3.41. The van der Waals surface area contributed by atoms with Gasteiger partial charge in [-0.15, -0.1) is 0 Å². The van der Waals surface area contributed by atoms with Crippen molar-refractivity contribution in [2.45, 2.75) is 32.2 Å². The first kappa shape index (κ1) is 18.0. The zero-order valence-electron chi connectivity index (χ0n) is 14.3. The Morgan fingerprint density at radius 2 is 1.81 bits per heavy atom. The van der Waals surface area contributed by atoms with E-state index in [9.17, 15) is 18.4 Å². The lowest BCUT2D eigenvalue weighted by molar-refractivity contribution is -0.141. The molecule has 2 atom stereocenters. The predicted octanol–water partition coefficient (Wildman–Crippen LogP) is 3.92. The Labute approximate surface area is 149 Å². The van der Waals surface area contributed by atoms with Gasteiger partial charge >= 0.3 is 5.97 Å². The maximum Gasteiger partial charge on any atom is 0.306 e. The normalized spacial score (nSPS) is 19.3. The molecule has 0 bridgehead atoms. The quantitative estimate of drug-likeness (QED) is 0.869. The summed E-state index contributed by atoms with van der Waals surface area (Å²) in [6.07, 6.45) is 1.51. The molecule has 2 aromatic carbocycles. The molecule has 6 heteroatoms. The van der Waals surface area contributed by atoms with Crippen molar-refractivity contribution in [3.63, 3.8) is 0 Å². The summed E-state index contributed by atoms with van der Waals surface area (Å²) in [5.41, 5.74) is 1.64. The van der Waals surface area contributed by atoms with Crippen molar-refractivity contribution in [1.82, 2.24) is 5.32 Å². The molecule has 1 aliphatic carbocycles. The van der Waals surface area contributed by atoms with E-state index >= 15 is 0 Å². The second-order valence-corrected chi connectivity index (χ2v) is 6.67. The average Bonchev–Trinajstić information content (AvgIpc) is 3.04. The number of carboxylic acid groups (broad SMARTS) is 1. The lowest BCUT2D eigenvalue weighted by Crippen LogP contribution is -2.33. The van der Waals surface area contributed by atoms with Crippen LogP contribution < -0.4 is 5.32 Å². The van der Waals surface area contributed by atoms with Crippen molar-refractivity contribution in [2.24, 2.45) is 5.92 Å². The Morgan fingerprint density at radius 1 is 1.08 bits per heavy atom. The molecule has 0 saturated heterocycles. The number of aryl methyl sites for hydroxylation is 1. The maximum absolute atomic E-state index is 14.5. The van der Waals surface area contributed by atoms with Crippen LogP contribution in [0, 0.1) is 24.5 Å². The molecule has 2 aromatic rings. The van der Waals surface area contributed by atoms with E-state index in [1.54, 1.807) is 6.92 Å². The molecule has 1 fully saturated rings. The van der Waals surface area contributed by atoms with Gasteiger partial charge in [-0.05, 0) is 61.6 Å². The van der Waals surface area contributed by atoms with Crippen molar-refractivity contribution in [1.29, 1.82) is 0 Å². The van der Waals surface area contributed by atoms with Crippen LogP contribution in [0.15, 0.2) is 36.4 Å². The third-order valence-electron chi connectivity index (χ3n) is 4.83. The minimum Gasteiger partial charge on any atom is -0.481 e. The fraction of sp³-hybridized carbons (Fsp3) is 0.300. The van der Waals surface area contributed by atoms with Gasteiger partial charge in [0.05, 0.1) is 5.92 Å². The number of aliphatic carboxylic acids is 1. The number of amides is 1. The van der Waals surface area contributed by atoms with Crippen molar-refractivity contribution < 1.29 is 23.5 Å². The Morgan fingerprint density at radius 3 is 2.42 bits per heavy atom. The largest absolute Gasteiger partial charge is 0.481 e. The predicted molar refractivity (Wildman–Crippen MR) is 92.8 cm³/mol. The zero-order valence-corrected chi connectivity index (χ0v) is 14.3. The molecular formula is C20H19F2NO3. The second kappa shape index (κ2) is 7.23. The monoisotopic (exact) mass is 359 g/mol. The Kier molecular flexibility index (Phi) is 5.02. The molecule has 1 aliphatic rings. The highest BCUT2D eigenvalue weighted by Gasteiger charge is 2.30. The van der Waals surface area contributed by atoms with Gasteiger partial charge in [0, 0.05) is 17.2 Å². The van der Waals surface area contributed by atoms with Crippen LogP contribution in [-0.4, -0.2) is 23.0 Å². The molecule has 1 saturated carbocycles. The van der Waals surface area contributed by atoms with Crippen LogP contribution in [0.1, 0.15) is 35.2 Å². The molecule has 0 heterocycles. The lowest BCUT2D eigenvalue weighted by Gasteiger charge is -2.13. The molecular weight excluding hydrogens is 340 g/mol. The van der Waals surface area contributed by atoms with E-state index in [1.807, 2.05) is 0 Å². The van der Waals surface area contributed by atoms with Gasteiger partial charge in [0.1, 0.15) is 11.6 Å². The van der Waals surface area contributed by atoms with Crippen molar-refractivity contribution in [2.75, 3.05) is 0 Å². The van der Waals surface area contributed by atoms with E-state index in [0.29, 0.717) is 36.0 Å². The van der Waals surface area contributed by atoms with Gasteiger partial charge in [-0.3, -0.25) is 9.59 Å². The third kappa shape index (κ3) is 3.74. The van der Waals surface area contributed by atoms with E-state index in [-0.39, 0.29) is 17.4 Å². The van der Waals surface area contributed by atoms with Gasteiger partial charge in [0.25, 0.3) is 5.91 Å². The molecule has 26 heavy (non-hydrogen) atoms. The minimum atomic E-state index is -0.855. The standard InChI is InChI=1S/C20H19F2NO3/c1-11-8-14(21)4-7-16(11)17-6-3-12(10-18(17)22)19(24)23-15-5-2-13(9-15)20(25)26/h3-4,6-8,10,13,15H,2,5,9H2,1H3,(H,23,24)(H,25,26)/t13-,15+/m0/s1. The molecule has 1 amide bonds. The maximum atomic E-state index is 14.5. The molecule has 4 nitrogen and oxygen atoms in total. The fourth-order valence-corrected chi connectivity index (χ4v) is 3.41. The van der Waals surface area contributed by atoms with E-state index in [0.717, 1.165) is 6.07 Å². The molecule has 0 radical (unpaired) electrons. The summed E-state index contributed by atoms with van der Waals surface area (Å²) in [5, 5.41) is 11.8. The topological polar surface area (TPSA) is 66.4 Å². The van der Waals surface area contributed by atoms with E-state index in [1.165, 1.54) is 30.3 Å².